The number of piperazine rings is 1. The molecule has 8 heteroatoms. The Bertz CT molecular complexity index is 838. The molecule has 8 nitrogen and oxygen atoms in total. The van der Waals surface area contributed by atoms with Crippen LogP contribution in [0.4, 0.5) is 5.95 Å². The molecule has 0 aromatic carbocycles. The van der Waals surface area contributed by atoms with Gasteiger partial charge in [0, 0.05) is 70.9 Å². The SMILES string of the molecule is Cn1cccc(C(=O)N2CC(N3CCN(c4ncccn4)CC3)C2)c1=O. The molecule has 1 amide bonds. The molecule has 2 aliphatic heterocycles. The first-order chi connectivity index (χ1) is 12.6. The molecule has 0 radical (unpaired) electrons. The number of hydrogen-bond acceptors (Lipinski definition) is 6. The zero-order chi connectivity index (χ0) is 18.1. The molecule has 4 heterocycles. The molecule has 0 atom stereocenters. The zero-order valence-electron chi connectivity index (χ0n) is 14.8. The van der Waals surface area contributed by atoms with Crippen molar-refractivity contribution in [3.05, 3.63) is 52.7 Å². The molecule has 0 bridgehead atoms. The standard InChI is InChI=1S/C18H22N6O2/c1-21-7-2-4-15(16(21)25)17(26)24-12-14(13-24)22-8-10-23(11-9-22)18-19-5-3-6-20-18/h2-7,14H,8-13H2,1H3. The topological polar surface area (TPSA) is 74.6 Å². The fraction of sp³-hybridized carbons (Fsp3) is 0.444. The second-order valence-corrected chi connectivity index (χ2v) is 6.77. The Morgan fingerprint density at radius 1 is 1.08 bits per heavy atom. The molecule has 0 spiro atoms. The molecule has 2 saturated heterocycles. The lowest BCUT2D eigenvalue weighted by Gasteiger charge is -2.48. The van der Waals surface area contributed by atoms with Gasteiger partial charge in [-0.3, -0.25) is 14.5 Å². The molecule has 0 aliphatic carbocycles. The van der Waals surface area contributed by atoms with Crippen LogP contribution < -0.4 is 10.5 Å². The number of aromatic nitrogens is 3. The maximum atomic E-state index is 12.5. The van der Waals surface area contributed by atoms with E-state index in [9.17, 15) is 9.59 Å². The second kappa shape index (κ2) is 6.87. The summed E-state index contributed by atoms with van der Waals surface area (Å²) in [6.07, 6.45) is 5.18. The van der Waals surface area contributed by atoms with Gasteiger partial charge in [-0.05, 0) is 18.2 Å². The van der Waals surface area contributed by atoms with Gasteiger partial charge in [-0.1, -0.05) is 0 Å². The van der Waals surface area contributed by atoms with Gasteiger partial charge >= 0.3 is 0 Å². The summed E-state index contributed by atoms with van der Waals surface area (Å²) in [5.74, 6) is 0.608. The molecular weight excluding hydrogens is 332 g/mol. The molecule has 0 unspecified atom stereocenters. The molecule has 2 fully saturated rings. The van der Waals surface area contributed by atoms with E-state index in [1.165, 1.54) is 4.57 Å². The number of rotatable bonds is 3. The van der Waals surface area contributed by atoms with Crippen molar-refractivity contribution in [2.75, 3.05) is 44.2 Å². The van der Waals surface area contributed by atoms with Crippen molar-refractivity contribution in [3.63, 3.8) is 0 Å². The van der Waals surface area contributed by atoms with Crippen LogP contribution in [-0.4, -0.2) is 75.6 Å². The summed E-state index contributed by atoms with van der Waals surface area (Å²) in [5.41, 5.74) is 0.0110. The Balaban J connectivity index is 1.31. The van der Waals surface area contributed by atoms with E-state index in [1.807, 2.05) is 6.07 Å². The number of pyridine rings is 1. The Hall–Kier alpha value is -2.74. The first-order valence-electron chi connectivity index (χ1n) is 8.84. The molecule has 0 saturated carbocycles. The van der Waals surface area contributed by atoms with Gasteiger partial charge in [0.2, 0.25) is 5.95 Å². The number of carbonyl (C=O) groups is 1. The van der Waals surface area contributed by atoms with Crippen LogP contribution >= 0.6 is 0 Å². The minimum Gasteiger partial charge on any atom is -0.338 e. The lowest BCUT2D eigenvalue weighted by molar-refractivity contribution is 0.0244. The van der Waals surface area contributed by atoms with Crippen LogP contribution in [0.15, 0.2) is 41.6 Å². The molecule has 0 N–H and O–H groups in total. The molecule has 2 aliphatic rings. The van der Waals surface area contributed by atoms with E-state index in [0.717, 1.165) is 32.1 Å². The highest BCUT2D eigenvalue weighted by atomic mass is 16.2. The van der Waals surface area contributed by atoms with Crippen molar-refractivity contribution in [3.8, 4) is 0 Å². The van der Waals surface area contributed by atoms with Crippen LogP contribution in [-0.2, 0) is 7.05 Å². The molecule has 4 rings (SSSR count). The summed E-state index contributed by atoms with van der Waals surface area (Å²) in [6.45, 7) is 4.98. The highest BCUT2D eigenvalue weighted by molar-refractivity contribution is 5.94. The summed E-state index contributed by atoms with van der Waals surface area (Å²) in [4.78, 5) is 39.6. The van der Waals surface area contributed by atoms with E-state index in [-0.39, 0.29) is 17.0 Å². The Kier molecular flexibility index (Phi) is 4.42. The van der Waals surface area contributed by atoms with Crippen molar-refractivity contribution < 1.29 is 4.79 Å². The van der Waals surface area contributed by atoms with E-state index in [0.29, 0.717) is 19.1 Å². The number of hydrogen-bond donors (Lipinski definition) is 0. The van der Waals surface area contributed by atoms with E-state index in [1.54, 1.807) is 42.7 Å². The van der Waals surface area contributed by atoms with Gasteiger partial charge in [-0.15, -0.1) is 0 Å². The minimum absolute atomic E-state index is 0.168. The van der Waals surface area contributed by atoms with Crippen LogP contribution in [0.3, 0.4) is 0 Å². The number of anilines is 1. The fourth-order valence-electron chi connectivity index (χ4n) is 3.52. The van der Waals surface area contributed by atoms with E-state index >= 15 is 0 Å². The minimum atomic E-state index is -0.238. The van der Waals surface area contributed by atoms with Gasteiger partial charge in [0.1, 0.15) is 5.56 Å². The summed E-state index contributed by atoms with van der Waals surface area (Å²) in [6, 6.07) is 5.53. The molecule has 2 aromatic heterocycles. The van der Waals surface area contributed by atoms with Crippen LogP contribution in [0.2, 0.25) is 0 Å². The van der Waals surface area contributed by atoms with Crippen LogP contribution in [0.1, 0.15) is 10.4 Å². The normalized spacial score (nSPS) is 18.7. The summed E-state index contributed by atoms with van der Waals surface area (Å²) >= 11 is 0. The quantitative estimate of drug-likeness (QED) is 0.761. The van der Waals surface area contributed by atoms with Gasteiger partial charge in [0.15, 0.2) is 0 Å². The average molecular weight is 354 g/mol. The Morgan fingerprint density at radius 2 is 1.77 bits per heavy atom. The van der Waals surface area contributed by atoms with Crippen molar-refractivity contribution in [1.29, 1.82) is 0 Å². The zero-order valence-corrected chi connectivity index (χ0v) is 14.8. The third-order valence-electron chi connectivity index (χ3n) is 5.17. The highest BCUT2D eigenvalue weighted by Crippen LogP contribution is 2.20. The first kappa shape index (κ1) is 16.7. The molecule has 26 heavy (non-hydrogen) atoms. The van der Waals surface area contributed by atoms with Crippen molar-refractivity contribution >= 4 is 11.9 Å². The summed E-state index contributed by atoms with van der Waals surface area (Å²) in [5, 5.41) is 0. The maximum absolute atomic E-state index is 12.5. The number of carbonyl (C=O) groups excluding carboxylic acids is 1. The fourth-order valence-corrected chi connectivity index (χ4v) is 3.52. The number of amides is 1. The van der Waals surface area contributed by atoms with Gasteiger partial charge in [0.25, 0.3) is 11.5 Å². The third kappa shape index (κ3) is 3.08. The first-order valence-corrected chi connectivity index (χ1v) is 8.84. The smallest absolute Gasteiger partial charge is 0.263 e. The Morgan fingerprint density at radius 3 is 2.46 bits per heavy atom. The van der Waals surface area contributed by atoms with Crippen LogP contribution in [0.5, 0.6) is 0 Å². The summed E-state index contributed by atoms with van der Waals surface area (Å²) < 4.78 is 1.44. The van der Waals surface area contributed by atoms with E-state index < -0.39 is 0 Å². The number of aryl methyl sites for hydroxylation is 1. The second-order valence-electron chi connectivity index (χ2n) is 6.77. The molecule has 136 valence electrons. The van der Waals surface area contributed by atoms with Gasteiger partial charge in [-0.2, -0.15) is 0 Å². The maximum Gasteiger partial charge on any atom is 0.263 e. The lowest BCUT2D eigenvalue weighted by atomic mass is 10.0. The predicted molar refractivity (Wildman–Crippen MR) is 97.2 cm³/mol. The number of nitrogens with zero attached hydrogens (tertiary/aromatic N) is 6. The van der Waals surface area contributed by atoms with Gasteiger partial charge in [0.05, 0.1) is 0 Å². The van der Waals surface area contributed by atoms with Crippen LogP contribution in [0.25, 0.3) is 0 Å². The molecule has 2 aromatic rings. The highest BCUT2D eigenvalue weighted by Gasteiger charge is 2.37. The van der Waals surface area contributed by atoms with Gasteiger partial charge in [-0.25, -0.2) is 9.97 Å². The average Bonchev–Trinajstić information content (AvgIpc) is 2.64. The van der Waals surface area contributed by atoms with Crippen molar-refractivity contribution in [1.82, 2.24) is 24.3 Å². The monoisotopic (exact) mass is 354 g/mol. The van der Waals surface area contributed by atoms with Crippen molar-refractivity contribution in [2.24, 2.45) is 7.05 Å². The predicted octanol–water partition coefficient (Wildman–Crippen LogP) is -0.178. The lowest BCUT2D eigenvalue weighted by Crippen LogP contribution is -2.64. The van der Waals surface area contributed by atoms with Crippen molar-refractivity contribution in [2.45, 2.75) is 6.04 Å². The Labute approximate surface area is 151 Å². The largest absolute Gasteiger partial charge is 0.338 e. The van der Waals surface area contributed by atoms with Gasteiger partial charge < -0.3 is 14.4 Å². The molecular formula is C18H22N6O2. The van der Waals surface area contributed by atoms with E-state index in [2.05, 4.69) is 19.8 Å². The summed E-state index contributed by atoms with van der Waals surface area (Å²) in [7, 11) is 1.66. The van der Waals surface area contributed by atoms with Crippen LogP contribution in [0, 0.1) is 0 Å². The number of likely N-dealkylation sites (tertiary alicyclic amines) is 1. The van der Waals surface area contributed by atoms with E-state index in [4.69, 9.17) is 0 Å². The third-order valence-corrected chi connectivity index (χ3v) is 5.17.